The Morgan fingerprint density at radius 1 is 1.10 bits per heavy atom. The molecule has 2 rings (SSSR count). The summed E-state index contributed by atoms with van der Waals surface area (Å²) in [6.45, 7) is 0.0826. The summed E-state index contributed by atoms with van der Waals surface area (Å²) in [6, 6.07) is 5.50. The summed E-state index contributed by atoms with van der Waals surface area (Å²) in [5.41, 5.74) is 6.65. The van der Waals surface area contributed by atoms with Crippen LogP contribution in [0.1, 0.15) is 35.2 Å². The number of rotatable bonds is 11. The average Bonchev–Trinajstić information content (AvgIpc) is 3.05. The quantitative estimate of drug-likeness (QED) is 0.280. The van der Waals surface area contributed by atoms with E-state index in [1.807, 2.05) is 0 Å². The van der Waals surface area contributed by atoms with Gasteiger partial charge in [-0.05, 0) is 37.0 Å². The normalized spacial score (nSPS) is 14.0. The van der Waals surface area contributed by atoms with Crippen LogP contribution >= 0.6 is 0 Å². The first-order valence-corrected chi connectivity index (χ1v) is 9.44. The molecule has 5 N–H and O–H groups in total. The highest BCUT2D eigenvalue weighted by Crippen LogP contribution is 2.08. The van der Waals surface area contributed by atoms with Gasteiger partial charge in [0.1, 0.15) is 6.04 Å². The van der Waals surface area contributed by atoms with E-state index in [0.717, 1.165) is 10.5 Å². The Labute approximate surface area is 173 Å². The molecule has 1 aromatic carbocycles. The second kappa shape index (κ2) is 10.9. The lowest BCUT2D eigenvalue weighted by molar-refractivity contribution is -0.142. The van der Waals surface area contributed by atoms with Crippen LogP contribution in [0.2, 0.25) is 0 Å². The molecule has 0 bridgehead atoms. The highest BCUT2D eigenvalue weighted by atomic mass is 16.4. The summed E-state index contributed by atoms with van der Waals surface area (Å²) >= 11 is 0. The maximum Gasteiger partial charge on any atom is 0.326 e. The number of carboxylic acids is 1. The number of hydrogen-bond acceptors (Lipinski definition) is 6. The van der Waals surface area contributed by atoms with Crippen molar-refractivity contribution >= 4 is 29.6 Å². The van der Waals surface area contributed by atoms with E-state index >= 15 is 0 Å². The summed E-state index contributed by atoms with van der Waals surface area (Å²) < 4.78 is 0. The van der Waals surface area contributed by atoms with Crippen LogP contribution in [0, 0.1) is 0 Å². The van der Waals surface area contributed by atoms with Crippen LogP contribution in [0.3, 0.4) is 0 Å². The number of nitrogens with two attached hydrogens (primary N) is 1. The molecule has 1 heterocycles. The molecule has 160 valence electrons. The fourth-order valence-corrected chi connectivity index (χ4v) is 2.87. The number of nitrogens with one attached hydrogen (secondary N) is 2. The third-order valence-electron chi connectivity index (χ3n) is 4.49. The lowest BCUT2D eigenvalue weighted by Gasteiger charge is -2.16. The number of amides is 4. The number of carbonyl (C=O) groups is 5. The van der Waals surface area contributed by atoms with Gasteiger partial charge < -0.3 is 21.5 Å². The molecule has 4 amide bonds. The van der Waals surface area contributed by atoms with Gasteiger partial charge in [-0.2, -0.15) is 0 Å². The molecular formula is C20H24N4O6. The SMILES string of the molecule is NCc1cccc(C(=O)NCC(=O)NC(CCCCN2C(=O)C=CC2=O)C(=O)O)c1. The molecule has 0 saturated carbocycles. The molecule has 0 aromatic heterocycles. The minimum Gasteiger partial charge on any atom is -0.480 e. The number of hydrogen-bond donors (Lipinski definition) is 4. The monoisotopic (exact) mass is 416 g/mol. The first-order chi connectivity index (χ1) is 14.3. The lowest BCUT2D eigenvalue weighted by atomic mass is 10.1. The molecule has 1 aromatic rings. The van der Waals surface area contributed by atoms with E-state index < -0.39 is 35.6 Å². The van der Waals surface area contributed by atoms with Crippen LogP contribution in [0.15, 0.2) is 36.4 Å². The molecular weight excluding hydrogens is 392 g/mol. The van der Waals surface area contributed by atoms with Gasteiger partial charge in [-0.25, -0.2) is 4.79 Å². The van der Waals surface area contributed by atoms with Gasteiger partial charge in [0.2, 0.25) is 5.91 Å². The highest BCUT2D eigenvalue weighted by molar-refractivity contribution is 6.12. The number of aliphatic carboxylic acids is 1. The Bertz CT molecular complexity index is 849. The molecule has 0 spiro atoms. The molecule has 10 nitrogen and oxygen atoms in total. The van der Waals surface area contributed by atoms with Crippen LogP contribution in [0.4, 0.5) is 0 Å². The van der Waals surface area contributed by atoms with Gasteiger partial charge in [-0.3, -0.25) is 24.1 Å². The average molecular weight is 416 g/mol. The fraction of sp³-hybridized carbons (Fsp3) is 0.350. The van der Waals surface area contributed by atoms with Crippen molar-refractivity contribution in [1.29, 1.82) is 0 Å². The van der Waals surface area contributed by atoms with Gasteiger partial charge in [0.15, 0.2) is 0 Å². The van der Waals surface area contributed by atoms with E-state index in [4.69, 9.17) is 5.73 Å². The minimum atomic E-state index is -1.21. The van der Waals surface area contributed by atoms with Crippen molar-refractivity contribution in [3.63, 3.8) is 0 Å². The second-order valence-electron chi connectivity index (χ2n) is 6.70. The number of carbonyl (C=O) groups excluding carboxylic acids is 4. The molecule has 1 unspecified atom stereocenters. The zero-order valence-corrected chi connectivity index (χ0v) is 16.3. The van der Waals surface area contributed by atoms with Gasteiger partial charge >= 0.3 is 5.97 Å². The van der Waals surface area contributed by atoms with E-state index in [1.165, 1.54) is 12.2 Å². The maximum absolute atomic E-state index is 12.1. The van der Waals surface area contributed by atoms with Gasteiger partial charge in [0.25, 0.3) is 17.7 Å². The zero-order chi connectivity index (χ0) is 22.1. The smallest absolute Gasteiger partial charge is 0.326 e. The van der Waals surface area contributed by atoms with Gasteiger partial charge in [-0.1, -0.05) is 12.1 Å². The Kier molecular flexibility index (Phi) is 8.24. The molecule has 1 aliphatic rings. The number of nitrogens with zero attached hydrogens (tertiary/aromatic N) is 1. The molecule has 0 fully saturated rings. The topological polar surface area (TPSA) is 159 Å². The van der Waals surface area contributed by atoms with Crippen LogP contribution in [0.5, 0.6) is 0 Å². The minimum absolute atomic E-state index is 0.122. The van der Waals surface area contributed by atoms with Gasteiger partial charge in [0, 0.05) is 30.8 Å². The summed E-state index contributed by atoms with van der Waals surface area (Å²) in [5, 5.41) is 14.1. The van der Waals surface area contributed by atoms with Crippen molar-refractivity contribution in [3.8, 4) is 0 Å². The number of imide groups is 1. The van der Waals surface area contributed by atoms with E-state index in [2.05, 4.69) is 10.6 Å². The molecule has 1 atom stereocenters. The van der Waals surface area contributed by atoms with Crippen LogP contribution in [0.25, 0.3) is 0 Å². The van der Waals surface area contributed by atoms with Crippen molar-refractivity contribution < 1.29 is 29.1 Å². The van der Waals surface area contributed by atoms with E-state index in [-0.39, 0.29) is 26.1 Å². The summed E-state index contributed by atoms with van der Waals surface area (Å²) in [5.74, 6) is -3.10. The maximum atomic E-state index is 12.1. The lowest BCUT2D eigenvalue weighted by Crippen LogP contribution is -2.45. The molecule has 0 aliphatic carbocycles. The Morgan fingerprint density at radius 3 is 2.43 bits per heavy atom. The number of carboxylic acid groups (broad SMARTS) is 1. The molecule has 30 heavy (non-hydrogen) atoms. The predicted molar refractivity (Wildman–Crippen MR) is 106 cm³/mol. The van der Waals surface area contributed by atoms with Crippen LogP contribution in [-0.4, -0.2) is 58.7 Å². The summed E-state index contributed by atoms with van der Waals surface area (Å²) in [4.78, 5) is 59.5. The highest BCUT2D eigenvalue weighted by Gasteiger charge is 2.24. The van der Waals surface area contributed by atoms with Crippen molar-refractivity contribution in [2.45, 2.75) is 31.8 Å². The number of unbranched alkanes of at least 4 members (excludes halogenated alkanes) is 1. The van der Waals surface area contributed by atoms with E-state index in [9.17, 15) is 29.1 Å². The first-order valence-electron chi connectivity index (χ1n) is 9.44. The summed E-state index contributed by atoms with van der Waals surface area (Å²) in [7, 11) is 0. The van der Waals surface area contributed by atoms with Crippen LogP contribution < -0.4 is 16.4 Å². The van der Waals surface area contributed by atoms with Gasteiger partial charge in [-0.15, -0.1) is 0 Å². The molecule has 0 radical (unpaired) electrons. The molecule has 10 heteroatoms. The largest absolute Gasteiger partial charge is 0.480 e. The molecule has 0 saturated heterocycles. The number of benzene rings is 1. The predicted octanol–water partition coefficient (Wildman–Crippen LogP) is -0.460. The van der Waals surface area contributed by atoms with E-state index in [1.54, 1.807) is 24.3 Å². The van der Waals surface area contributed by atoms with Crippen molar-refractivity contribution in [3.05, 3.63) is 47.5 Å². The third-order valence-corrected chi connectivity index (χ3v) is 4.49. The van der Waals surface area contributed by atoms with Crippen molar-refractivity contribution in [2.24, 2.45) is 5.73 Å². The zero-order valence-electron chi connectivity index (χ0n) is 16.3. The standard InChI is InChI=1S/C20H24N4O6/c21-11-13-4-3-5-14(10-13)19(28)22-12-16(25)23-15(20(29)30)6-1-2-9-24-17(26)7-8-18(24)27/h3-5,7-8,10,15H,1-2,6,9,11-12,21H2,(H,22,28)(H,23,25)(H,29,30). The Hall–Kier alpha value is -3.53. The van der Waals surface area contributed by atoms with Crippen molar-refractivity contribution in [1.82, 2.24) is 15.5 Å². The Morgan fingerprint density at radius 2 is 1.80 bits per heavy atom. The second-order valence-corrected chi connectivity index (χ2v) is 6.70. The van der Waals surface area contributed by atoms with Crippen molar-refractivity contribution in [2.75, 3.05) is 13.1 Å². The van der Waals surface area contributed by atoms with E-state index in [0.29, 0.717) is 18.4 Å². The fourth-order valence-electron chi connectivity index (χ4n) is 2.87. The molecule has 1 aliphatic heterocycles. The third kappa shape index (κ3) is 6.52. The summed E-state index contributed by atoms with van der Waals surface area (Å²) in [6.07, 6.45) is 3.28. The Balaban J connectivity index is 1.75. The van der Waals surface area contributed by atoms with Crippen LogP contribution in [-0.2, 0) is 25.7 Å². The van der Waals surface area contributed by atoms with Gasteiger partial charge in [0.05, 0.1) is 6.54 Å². The first kappa shape index (κ1) is 22.8.